The Labute approximate surface area is 191 Å². The van der Waals surface area contributed by atoms with Gasteiger partial charge in [0.15, 0.2) is 5.43 Å². The molecule has 1 aromatic heterocycles. The van der Waals surface area contributed by atoms with E-state index in [0.29, 0.717) is 17.6 Å². The van der Waals surface area contributed by atoms with E-state index in [9.17, 15) is 14.7 Å². The monoisotopic (exact) mass is 440 g/mol. The summed E-state index contributed by atoms with van der Waals surface area (Å²) in [4.78, 5) is 23.4. The van der Waals surface area contributed by atoms with E-state index in [1.54, 1.807) is 24.3 Å². The summed E-state index contributed by atoms with van der Waals surface area (Å²) in [6.07, 6.45) is 6.80. The Morgan fingerprint density at radius 2 is 1.70 bits per heavy atom. The van der Waals surface area contributed by atoms with Gasteiger partial charge in [-0.3, -0.25) is 4.79 Å². The van der Waals surface area contributed by atoms with Crippen LogP contribution >= 0.6 is 0 Å². The van der Waals surface area contributed by atoms with E-state index >= 15 is 0 Å². The van der Waals surface area contributed by atoms with Crippen molar-refractivity contribution in [3.8, 4) is 5.75 Å². The van der Waals surface area contributed by atoms with Crippen molar-refractivity contribution in [3.05, 3.63) is 112 Å². The maximum atomic E-state index is 12.2. The summed E-state index contributed by atoms with van der Waals surface area (Å²) < 4.78 is 11.3. The summed E-state index contributed by atoms with van der Waals surface area (Å²) in [5, 5.41) is 9.52. The summed E-state index contributed by atoms with van der Waals surface area (Å²) in [5.41, 5.74) is 2.80. The smallest absolute Gasteiger partial charge is 0.371 e. The molecular weight excluding hydrogens is 416 g/mol. The number of aryl methyl sites for hydroxylation is 1. The van der Waals surface area contributed by atoms with E-state index in [1.165, 1.54) is 5.56 Å². The first kappa shape index (κ1) is 22.1. The molecule has 166 valence electrons. The minimum atomic E-state index is -1.27. The van der Waals surface area contributed by atoms with Crippen LogP contribution in [0.2, 0.25) is 0 Å². The molecule has 0 atom stereocenters. The minimum absolute atomic E-state index is 0.258. The molecule has 4 rings (SSSR count). The van der Waals surface area contributed by atoms with Crippen LogP contribution in [-0.2, 0) is 6.42 Å². The van der Waals surface area contributed by atoms with Gasteiger partial charge in [0, 0.05) is 11.6 Å². The van der Waals surface area contributed by atoms with Crippen LogP contribution in [0.5, 0.6) is 5.75 Å². The molecule has 0 amide bonds. The molecule has 0 aliphatic carbocycles. The number of para-hydroxylation sites is 1. The average Bonchev–Trinajstić information content (AvgIpc) is 2.84. The molecule has 0 spiro atoms. The van der Waals surface area contributed by atoms with E-state index in [-0.39, 0.29) is 16.8 Å². The van der Waals surface area contributed by atoms with Gasteiger partial charge in [-0.25, -0.2) is 4.79 Å². The third kappa shape index (κ3) is 5.77. The Kier molecular flexibility index (Phi) is 7.00. The predicted molar refractivity (Wildman–Crippen MR) is 130 cm³/mol. The minimum Gasteiger partial charge on any atom is -0.494 e. The summed E-state index contributed by atoms with van der Waals surface area (Å²) >= 11 is 0. The molecule has 5 nitrogen and oxygen atoms in total. The van der Waals surface area contributed by atoms with E-state index in [1.807, 2.05) is 36.4 Å². The number of carboxylic acid groups (broad SMARTS) is 1. The molecule has 0 saturated carbocycles. The molecule has 0 aliphatic heterocycles. The number of carbonyl (C=O) groups is 1. The van der Waals surface area contributed by atoms with E-state index in [2.05, 4.69) is 24.3 Å². The van der Waals surface area contributed by atoms with Crippen LogP contribution in [0.15, 0.2) is 88.1 Å². The lowest BCUT2D eigenvalue weighted by molar-refractivity contribution is 0.0663. The highest BCUT2D eigenvalue weighted by Crippen LogP contribution is 2.21. The molecule has 4 aromatic rings. The van der Waals surface area contributed by atoms with Gasteiger partial charge in [0.1, 0.15) is 11.3 Å². The van der Waals surface area contributed by atoms with Gasteiger partial charge in [-0.05, 0) is 48.6 Å². The summed E-state index contributed by atoms with van der Waals surface area (Å²) in [6.45, 7) is 0.670. The fourth-order valence-electron chi connectivity index (χ4n) is 3.56. The van der Waals surface area contributed by atoms with Crippen LogP contribution < -0.4 is 10.2 Å². The first-order chi connectivity index (χ1) is 16.1. The highest BCUT2D eigenvalue weighted by Gasteiger charge is 2.12. The van der Waals surface area contributed by atoms with Crippen molar-refractivity contribution in [2.45, 2.75) is 19.3 Å². The normalized spacial score (nSPS) is 11.2. The lowest BCUT2D eigenvalue weighted by atomic mass is 10.1. The van der Waals surface area contributed by atoms with Crippen LogP contribution in [0, 0.1) is 0 Å². The summed E-state index contributed by atoms with van der Waals surface area (Å²) in [5.74, 6) is -0.837. The van der Waals surface area contributed by atoms with E-state index < -0.39 is 5.97 Å². The Morgan fingerprint density at radius 1 is 0.909 bits per heavy atom. The highest BCUT2D eigenvalue weighted by molar-refractivity contribution is 5.91. The van der Waals surface area contributed by atoms with E-state index in [0.717, 1.165) is 36.6 Å². The molecule has 5 heteroatoms. The van der Waals surface area contributed by atoms with Crippen LogP contribution in [0.1, 0.15) is 40.1 Å². The molecule has 0 bridgehead atoms. The summed E-state index contributed by atoms with van der Waals surface area (Å²) in [7, 11) is 0. The Balaban J connectivity index is 1.37. The lowest BCUT2D eigenvalue weighted by Gasteiger charge is -2.07. The number of hydrogen-bond acceptors (Lipinski definition) is 4. The number of aromatic carboxylic acids is 1. The first-order valence-corrected chi connectivity index (χ1v) is 10.9. The van der Waals surface area contributed by atoms with Crippen LogP contribution in [0.3, 0.4) is 0 Å². The maximum absolute atomic E-state index is 12.2. The first-order valence-electron chi connectivity index (χ1n) is 10.9. The molecule has 1 heterocycles. The zero-order chi connectivity index (χ0) is 23.0. The van der Waals surface area contributed by atoms with Crippen LogP contribution in [0.25, 0.3) is 23.1 Å². The Morgan fingerprint density at radius 3 is 2.45 bits per heavy atom. The lowest BCUT2D eigenvalue weighted by Crippen LogP contribution is -2.06. The van der Waals surface area contributed by atoms with Crippen molar-refractivity contribution >= 4 is 29.1 Å². The van der Waals surface area contributed by atoms with Crippen molar-refractivity contribution in [1.82, 2.24) is 0 Å². The molecule has 33 heavy (non-hydrogen) atoms. The fourth-order valence-corrected chi connectivity index (χ4v) is 3.56. The number of unbranched alkanes of at least 4 members (excludes halogenated alkanes) is 1. The molecule has 0 radical (unpaired) electrons. The number of benzene rings is 3. The van der Waals surface area contributed by atoms with Crippen molar-refractivity contribution in [2.24, 2.45) is 0 Å². The predicted octanol–water partition coefficient (Wildman–Crippen LogP) is 6.06. The van der Waals surface area contributed by atoms with Crippen molar-refractivity contribution in [3.63, 3.8) is 0 Å². The van der Waals surface area contributed by atoms with Gasteiger partial charge in [0.25, 0.3) is 0 Å². The standard InChI is InChI=1S/C28H24O5/c29-25-19-26(28(30)31)33-27-22(10-6-11-24(25)27)15-12-21-13-16-23(17-14-21)32-18-5-4-9-20-7-2-1-3-8-20/h1-3,6-8,10-17,19H,4-5,9,18H2,(H,30,31). The van der Waals surface area contributed by atoms with Gasteiger partial charge in [0.05, 0.1) is 12.0 Å². The van der Waals surface area contributed by atoms with Gasteiger partial charge < -0.3 is 14.3 Å². The summed E-state index contributed by atoms with van der Waals surface area (Å²) in [6, 6.07) is 24.3. The number of rotatable bonds is 9. The fraction of sp³-hybridized carbons (Fsp3) is 0.143. The van der Waals surface area contributed by atoms with Crippen molar-refractivity contribution in [1.29, 1.82) is 0 Å². The third-order valence-electron chi connectivity index (χ3n) is 5.30. The van der Waals surface area contributed by atoms with Crippen molar-refractivity contribution in [2.75, 3.05) is 6.61 Å². The number of fused-ring (bicyclic) bond motifs is 1. The average molecular weight is 440 g/mol. The van der Waals surface area contributed by atoms with Crippen LogP contribution in [-0.4, -0.2) is 17.7 Å². The van der Waals surface area contributed by atoms with Gasteiger partial charge in [-0.15, -0.1) is 0 Å². The third-order valence-corrected chi connectivity index (χ3v) is 5.30. The van der Waals surface area contributed by atoms with Crippen molar-refractivity contribution < 1.29 is 19.1 Å². The molecule has 0 aliphatic rings. The number of carboxylic acids is 1. The Hall–Kier alpha value is -4.12. The van der Waals surface area contributed by atoms with Crippen LogP contribution in [0.4, 0.5) is 0 Å². The highest BCUT2D eigenvalue weighted by atomic mass is 16.5. The van der Waals surface area contributed by atoms with Gasteiger partial charge in [-0.2, -0.15) is 0 Å². The largest absolute Gasteiger partial charge is 0.494 e. The van der Waals surface area contributed by atoms with E-state index in [4.69, 9.17) is 9.15 Å². The topological polar surface area (TPSA) is 76.7 Å². The molecule has 0 unspecified atom stereocenters. The quantitative estimate of drug-likeness (QED) is 0.253. The maximum Gasteiger partial charge on any atom is 0.371 e. The molecule has 1 N–H and O–H groups in total. The Bertz CT molecular complexity index is 1320. The second-order valence-electron chi connectivity index (χ2n) is 7.70. The molecule has 0 fully saturated rings. The number of hydrogen-bond donors (Lipinski definition) is 1. The van der Waals surface area contributed by atoms with Gasteiger partial charge in [0.2, 0.25) is 5.76 Å². The molecule has 3 aromatic carbocycles. The second kappa shape index (κ2) is 10.5. The van der Waals surface area contributed by atoms with Gasteiger partial charge >= 0.3 is 5.97 Å². The molecular formula is C28H24O5. The zero-order valence-corrected chi connectivity index (χ0v) is 18.1. The SMILES string of the molecule is O=C(O)c1cc(=O)c2cccc(C=Cc3ccc(OCCCCc4ccccc4)cc3)c2o1. The zero-order valence-electron chi connectivity index (χ0n) is 18.1. The molecule has 0 saturated heterocycles. The number of ether oxygens (including phenoxy) is 1. The van der Waals surface area contributed by atoms with Gasteiger partial charge in [-0.1, -0.05) is 66.7 Å². The second-order valence-corrected chi connectivity index (χ2v) is 7.70.